The number of aromatic nitrogens is 2. The number of anilines is 1. The van der Waals surface area contributed by atoms with Crippen LogP contribution in [0.25, 0.3) is 0 Å². The van der Waals surface area contributed by atoms with E-state index in [-0.39, 0.29) is 5.91 Å². The summed E-state index contributed by atoms with van der Waals surface area (Å²) in [7, 11) is 0. The number of aryl methyl sites for hydroxylation is 1. The minimum Gasteiger partial charge on any atom is -0.357 e. The predicted octanol–water partition coefficient (Wildman–Crippen LogP) is 2.38. The molecule has 1 aliphatic heterocycles. The Labute approximate surface area is 128 Å². The van der Waals surface area contributed by atoms with Crippen molar-refractivity contribution in [3.63, 3.8) is 0 Å². The van der Waals surface area contributed by atoms with Gasteiger partial charge in [0.2, 0.25) is 0 Å². The van der Waals surface area contributed by atoms with Gasteiger partial charge in [-0.1, -0.05) is 6.07 Å². The van der Waals surface area contributed by atoms with Crippen molar-refractivity contribution in [1.29, 1.82) is 0 Å². The third-order valence-electron chi connectivity index (χ3n) is 3.64. The van der Waals surface area contributed by atoms with Crippen molar-refractivity contribution in [3.05, 3.63) is 40.0 Å². The number of thiazole rings is 1. The van der Waals surface area contributed by atoms with Gasteiger partial charge >= 0.3 is 0 Å². The fourth-order valence-electron chi connectivity index (χ4n) is 2.44. The molecule has 2 aromatic heterocycles. The summed E-state index contributed by atoms with van der Waals surface area (Å²) in [5.74, 6) is 0.958. The second-order valence-corrected chi connectivity index (χ2v) is 6.02. The zero-order valence-electron chi connectivity index (χ0n) is 12.0. The van der Waals surface area contributed by atoms with E-state index >= 15 is 0 Å². The smallest absolute Gasteiger partial charge is 0.263 e. The average Bonchev–Trinajstić information content (AvgIpc) is 3.16. The van der Waals surface area contributed by atoms with Crippen LogP contribution in [0.3, 0.4) is 0 Å². The summed E-state index contributed by atoms with van der Waals surface area (Å²) in [6.07, 6.45) is 4.33. The number of carbonyl (C=O) groups excluding carboxylic acids is 1. The van der Waals surface area contributed by atoms with Gasteiger partial charge in [0.05, 0.1) is 11.2 Å². The minimum atomic E-state index is -0.0707. The van der Waals surface area contributed by atoms with Crippen LogP contribution in [0.2, 0.25) is 0 Å². The fourth-order valence-corrected chi connectivity index (χ4v) is 3.16. The lowest BCUT2D eigenvalue weighted by atomic mass is 10.2. The Balaban J connectivity index is 1.58. The minimum absolute atomic E-state index is 0.0707. The van der Waals surface area contributed by atoms with Crippen molar-refractivity contribution < 1.29 is 4.79 Å². The lowest BCUT2D eigenvalue weighted by Gasteiger charge is -2.16. The maximum absolute atomic E-state index is 12.0. The van der Waals surface area contributed by atoms with Gasteiger partial charge in [0.15, 0.2) is 0 Å². The van der Waals surface area contributed by atoms with Crippen molar-refractivity contribution in [2.45, 2.75) is 26.3 Å². The Morgan fingerprint density at radius 2 is 2.14 bits per heavy atom. The van der Waals surface area contributed by atoms with Crippen molar-refractivity contribution in [2.75, 3.05) is 18.0 Å². The number of pyridine rings is 1. The van der Waals surface area contributed by atoms with Gasteiger partial charge in [-0.05, 0) is 31.4 Å². The summed E-state index contributed by atoms with van der Waals surface area (Å²) < 4.78 is 0. The largest absolute Gasteiger partial charge is 0.357 e. The monoisotopic (exact) mass is 302 g/mol. The van der Waals surface area contributed by atoms with E-state index < -0.39 is 0 Å². The first-order valence-corrected chi connectivity index (χ1v) is 8.00. The van der Waals surface area contributed by atoms with E-state index in [2.05, 4.69) is 20.2 Å². The van der Waals surface area contributed by atoms with Gasteiger partial charge in [-0.15, -0.1) is 11.3 Å². The molecule has 6 heteroatoms. The maximum Gasteiger partial charge on any atom is 0.263 e. The SMILES string of the molecule is Cc1ncsc1C(=O)NCc1ccc(N2CCCC2)nc1. The van der Waals surface area contributed by atoms with E-state index in [0.717, 1.165) is 30.2 Å². The summed E-state index contributed by atoms with van der Waals surface area (Å²) in [5.41, 5.74) is 3.48. The van der Waals surface area contributed by atoms with Crippen molar-refractivity contribution >= 4 is 23.1 Å². The van der Waals surface area contributed by atoms with Gasteiger partial charge in [-0.3, -0.25) is 4.79 Å². The average molecular weight is 302 g/mol. The lowest BCUT2D eigenvalue weighted by molar-refractivity contribution is 0.0954. The lowest BCUT2D eigenvalue weighted by Crippen LogP contribution is -2.23. The number of rotatable bonds is 4. The second-order valence-electron chi connectivity index (χ2n) is 5.17. The molecule has 1 saturated heterocycles. The number of hydrogen-bond acceptors (Lipinski definition) is 5. The molecule has 3 heterocycles. The summed E-state index contributed by atoms with van der Waals surface area (Å²) in [4.78, 5) is 23.6. The molecule has 0 radical (unpaired) electrons. The maximum atomic E-state index is 12.0. The van der Waals surface area contributed by atoms with Crippen LogP contribution in [0, 0.1) is 6.92 Å². The van der Waals surface area contributed by atoms with E-state index in [9.17, 15) is 4.79 Å². The summed E-state index contributed by atoms with van der Waals surface area (Å²) in [6.45, 7) is 4.52. The predicted molar refractivity (Wildman–Crippen MR) is 83.7 cm³/mol. The van der Waals surface area contributed by atoms with Gasteiger partial charge in [-0.25, -0.2) is 9.97 Å². The van der Waals surface area contributed by atoms with Crippen molar-refractivity contribution in [1.82, 2.24) is 15.3 Å². The molecule has 0 unspecified atom stereocenters. The van der Waals surface area contributed by atoms with Crippen molar-refractivity contribution in [2.24, 2.45) is 0 Å². The molecule has 1 aliphatic rings. The molecule has 110 valence electrons. The quantitative estimate of drug-likeness (QED) is 0.942. The number of nitrogens with one attached hydrogen (secondary N) is 1. The van der Waals surface area contributed by atoms with Crippen LogP contribution >= 0.6 is 11.3 Å². The molecule has 1 amide bonds. The van der Waals surface area contributed by atoms with Crippen LogP contribution in [0.4, 0.5) is 5.82 Å². The summed E-state index contributed by atoms with van der Waals surface area (Å²) in [6, 6.07) is 4.06. The van der Waals surface area contributed by atoms with E-state index in [4.69, 9.17) is 0 Å². The number of hydrogen-bond donors (Lipinski definition) is 1. The highest BCUT2D eigenvalue weighted by molar-refractivity contribution is 7.11. The summed E-state index contributed by atoms with van der Waals surface area (Å²) in [5, 5.41) is 2.91. The van der Waals surface area contributed by atoms with E-state index in [1.165, 1.54) is 24.2 Å². The fraction of sp³-hybridized carbons (Fsp3) is 0.400. The molecule has 0 saturated carbocycles. The van der Waals surface area contributed by atoms with Crippen LogP contribution < -0.4 is 10.2 Å². The molecule has 0 aromatic carbocycles. The van der Waals surface area contributed by atoms with E-state index in [0.29, 0.717) is 11.4 Å². The van der Waals surface area contributed by atoms with Crippen molar-refractivity contribution in [3.8, 4) is 0 Å². The second kappa shape index (κ2) is 6.22. The highest BCUT2D eigenvalue weighted by Gasteiger charge is 2.14. The summed E-state index contributed by atoms with van der Waals surface area (Å²) >= 11 is 1.37. The molecule has 2 aromatic rings. The Hall–Kier alpha value is -1.95. The highest BCUT2D eigenvalue weighted by atomic mass is 32.1. The molecule has 0 atom stereocenters. The molecule has 0 bridgehead atoms. The third kappa shape index (κ3) is 3.21. The molecule has 21 heavy (non-hydrogen) atoms. The standard InChI is InChI=1S/C15H18N4OS/c1-11-14(21-10-18-11)15(20)17-9-12-4-5-13(16-8-12)19-6-2-3-7-19/h4-5,8,10H,2-3,6-7,9H2,1H3,(H,17,20). The van der Waals surface area contributed by atoms with Gasteiger partial charge < -0.3 is 10.2 Å². The third-order valence-corrected chi connectivity index (χ3v) is 4.57. The van der Waals surface area contributed by atoms with Gasteiger partial charge in [0.25, 0.3) is 5.91 Å². The molecule has 5 nitrogen and oxygen atoms in total. The van der Waals surface area contributed by atoms with Crippen LogP contribution in [0.5, 0.6) is 0 Å². The molecular formula is C15H18N4OS. The van der Waals surface area contributed by atoms with E-state index in [1.807, 2.05) is 25.3 Å². The number of carbonyl (C=O) groups is 1. The Kier molecular flexibility index (Phi) is 4.15. The highest BCUT2D eigenvalue weighted by Crippen LogP contribution is 2.17. The van der Waals surface area contributed by atoms with Crippen LogP contribution in [0.1, 0.15) is 33.8 Å². The molecule has 1 N–H and O–H groups in total. The molecular weight excluding hydrogens is 284 g/mol. The number of amides is 1. The zero-order chi connectivity index (χ0) is 14.7. The first-order chi connectivity index (χ1) is 10.2. The van der Waals surface area contributed by atoms with Crippen LogP contribution in [-0.2, 0) is 6.54 Å². The Morgan fingerprint density at radius 3 is 2.76 bits per heavy atom. The first kappa shape index (κ1) is 14.0. The Bertz CT molecular complexity index is 617. The number of nitrogens with zero attached hydrogens (tertiary/aromatic N) is 3. The normalized spacial score (nSPS) is 14.4. The van der Waals surface area contributed by atoms with Crippen LogP contribution in [0.15, 0.2) is 23.8 Å². The first-order valence-electron chi connectivity index (χ1n) is 7.12. The van der Waals surface area contributed by atoms with E-state index in [1.54, 1.807) is 5.51 Å². The zero-order valence-corrected chi connectivity index (χ0v) is 12.8. The van der Waals surface area contributed by atoms with Crippen LogP contribution in [-0.4, -0.2) is 29.0 Å². The molecule has 3 rings (SSSR count). The topological polar surface area (TPSA) is 58.1 Å². The van der Waals surface area contributed by atoms with Gasteiger partial charge in [0.1, 0.15) is 10.7 Å². The molecule has 0 aliphatic carbocycles. The van der Waals surface area contributed by atoms with Gasteiger partial charge in [-0.2, -0.15) is 0 Å². The molecule has 0 spiro atoms. The Morgan fingerprint density at radius 1 is 1.33 bits per heavy atom. The molecule has 1 fully saturated rings. The van der Waals surface area contributed by atoms with Gasteiger partial charge in [0, 0.05) is 25.8 Å².